The lowest BCUT2D eigenvalue weighted by Crippen LogP contribution is -2.34. The highest BCUT2D eigenvalue weighted by molar-refractivity contribution is 5.47. The van der Waals surface area contributed by atoms with Crippen molar-refractivity contribution in [3.8, 4) is 0 Å². The number of hydrogen-bond acceptors (Lipinski definition) is 5. The Kier molecular flexibility index (Phi) is 15.5. The standard InChI is InChI=1S/C34H46O5/c1-2-3-4-5-15-22-35-23-24-36-25-26-37-27-28-38-29-30-39-34(31-16-9-6-10-17-31,32-18-11-7-12-19-32)33-20-13-8-14-21-33/h6-14,16-21H,2-5,15,22-30H2,1H3. The summed E-state index contributed by atoms with van der Waals surface area (Å²) in [5.74, 6) is 0. The zero-order valence-electron chi connectivity index (χ0n) is 23.6. The van der Waals surface area contributed by atoms with E-state index in [1.165, 1.54) is 25.7 Å². The maximum absolute atomic E-state index is 6.71. The van der Waals surface area contributed by atoms with Crippen LogP contribution in [-0.2, 0) is 29.3 Å². The molecule has 5 heteroatoms. The average molecular weight is 535 g/mol. The first-order chi connectivity index (χ1) is 19.4. The molecule has 0 amide bonds. The summed E-state index contributed by atoms with van der Waals surface area (Å²) in [6.45, 7) is 7.39. The van der Waals surface area contributed by atoms with Gasteiger partial charge in [0.25, 0.3) is 0 Å². The van der Waals surface area contributed by atoms with Crippen LogP contribution in [0.4, 0.5) is 0 Å². The molecule has 0 radical (unpaired) electrons. The van der Waals surface area contributed by atoms with E-state index in [1.54, 1.807) is 0 Å². The van der Waals surface area contributed by atoms with E-state index < -0.39 is 5.60 Å². The zero-order chi connectivity index (χ0) is 27.3. The molecule has 0 aliphatic heterocycles. The summed E-state index contributed by atoms with van der Waals surface area (Å²) in [5.41, 5.74) is 2.54. The van der Waals surface area contributed by atoms with E-state index in [4.69, 9.17) is 23.7 Å². The molecule has 0 aromatic heterocycles. The van der Waals surface area contributed by atoms with E-state index in [9.17, 15) is 0 Å². The quantitative estimate of drug-likeness (QED) is 0.102. The van der Waals surface area contributed by atoms with Gasteiger partial charge in [-0.2, -0.15) is 0 Å². The maximum atomic E-state index is 6.71. The van der Waals surface area contributed by atoms with E-state index in [0.717, 1.165) is 29.7 Å². The molecule has 3 rings (SSSR count). The van der Waals surface area contributed by atoms with Gasteiger partial charge in [-0.1, -0.05) is 124 Å². The largest absolute Gasteiger partial charge is 0.379 e. The fraction of sp³-hybridized carbons (Fsp3) is 0.471. The zero-order valence-corrected chi connectivity index (χ0v) is 23.6. The molecule has 0 aliphatic carbocycles. The minimum atomic E-state index is -0.722. The van der Waals surface area contributed by atoms with Gasteiger partial charge in [-0.15, -0.1) is 0 Å². The number of hydrogen-bond donors (Lipinski definition) is 0. The predicted octanol–water partition coefficient (Wildman–Crippen LogP) is 7.03. The number of unbranched alkanes of at least 4 members (excludes halogenated alkanes) is 4. The third kappa shape index (κ3) is 10.9. The molecule has 0 saturated heterocycles. The third-order valence-electron chi connectivity index (χ3n) is 6.60. The van der Waals surface area contributed by atoms with Crippen LogP contribution in [0, 0.1) is 0 Å². The summed E-state index contributed by atoms with van der Waals surface area (Å²) < 4.78 is 29.4. The molecule has 5 nitrogen and oxygen atoms in total. The Hall–Kier alpha value is -2.54. The second kappa shape index (κ2) is 19.5. The highest BCUT2D eigenvalue weighted by atomic mass is 16.6. The summed E-state index contributed by atoms with van der Waals surface area (Å²) in [6, 6.07) is 31.2. The fourth-order valence-corrected chi connectivity index (χ4v) is 4.59. The van der Waals surface area contributed by atoms with Crippen molar-refractivity contribution in [3.05, 3.63) is 108 Å². The van der Waals surface area contributed by atoms with Crippen molar-refractivity contribution in [2.45, 2.75) is 44.6 Å². The van der Waals surface area contributed by atoms with Crippen LogP contribution in [0.2, 0.25) is 0 Å². The SMILES string of the molecule is CCCCCCCOCCOCCOCCOCCOC(c1ccccc1)(c1ccccc1)c1ccccc1. The molecular weight excluding hydrogens is 488 g/mol. The molecule has 0 saturated carbocycles. The summed E-state index contributed by atoms with van der Waals surface area (Å²) in [5, 5.41) is 0. The summed E-state index contributed by atoms with van der Waals surface area (Å²) >= 11 is 0. The van der Waals surface area contributed by atoms with Gasteiger partial charge in [0.2, 0.25) is 0 Å². The van der Waals surface area contributed by atoms with Gasteiger partial charge in [0.05, 0.1) is 52.9 Å². The molecule has 0 N–H and O–H groups in total. The molecule has 0 spiro atoms. The lowest BCUT2D eigenvalue weighted by atomic mass is 9.80. The Morgan fingerprint density at radius 1 is 0.410 bits per heavy atom. The topological polar surface area (TPSA) is 46.2 Å². The Morgan fingerprint density at radius 3 is 1.18 bits per heavy atom. The van der Waals surface area contributed by atoms with Crippen LogP contribution < -0.4 is 0 Å². The van der Waals surface area contributed by atoms with Crippen LogP contribution in [0.1, 0.15) is 55.7 Å². The van der Waals surface area contributed by atoms with Crippen molar-refractivity contribution < 1.29 is 23.7 Å². The van der Waals surface area contributed by atoms with Crippen molar-refractivity contribution >= 4 is 0 Å². The number of benzene rings is 3. The summed E-state index contributed by atoms with van der Waals surface area (Å²) in [6.07, 6.45) is 6.29. The molecule has 0 heterocycles. The van der Waals surface area contributed by atoms with Crippen LogP contribution in [0.5, 0.6) is 0 Å². The van der Waals surface area contributed by atoms with Gasteiger partial charge in [0.15, 0.2) is 0 Å². The molecule has 0 aliphatic rings. The highest BCUT2D eigenvalue weighted by Gasteiger charge is 2.37. The molecule has 0 bridgehead atoms. The van der Waals surface area contributed by atoms with Gasteiger partial charge in [-0.05, 0) is 23.1 Å². The predicted molar refractivity (Wildman–Crippen MR) is 157 cm³/mol. The highest BCUT2D eigenvalue weighted by Crippen LogP contribution is 2.40. The molecule has 3 aromatic carbocycles. The van der Waals surface area contributed by atoms with E-state index >= 15 is 0 Å². The Labute approximate surface area is 235 Å². The smallest absolute Gasteiger partial charge is 0.143 e. The van der Waals surface area contributed by atoms with Gasteiger partial charge in [0.1, 0.15) is 5.60 Å². The Balaban J connectivity index is 1.34. The van der Waals surface area contributed by atoms with Crippen LogP contribution in [0.3, 0.4) is 0 Å². The summed E-state index contributed by atoms with van der Waals surface area (Å²) in [4.78, 5) is 0. The van der Waals surface area contributed by atoms with E-state index in [-0.39, 0.29) is 0 Å². The van der Waals surface area contributed by atoms with Crippen LogP contribution in [-0.4, -0.2) is 59.5 Å². The average Bonchev–Trinajstić information content (AvgIpc) is 3.00. The van der Waals surface area contributed by atoms with E-state index in [2.05, 4.69) is 79.7 Å². The molecule has 39 heavy (non-hydrogen) atoms. The van der Waals surface area contributed by atoms with Crippen LogP contribution >= 0.6 is 0 Å². The first kappa shape index (κ1) is 31.0. The number of rotatable bonds is 22. The third-order valence-corrected chi connectivity index (χ3v) is 6.60. The fourth-order valence-electron chi connectivity index (χ4n) is 4.59. The van der Waals surface area contributed by atoms with Gasteiger partial charge in [-0.3, -0.25) is 0 Å². The first-order valence-corrected chi connectivity index (χ1v) is 14.5. The summed E-state index contributed by atoms with van der Waals surface area (Å²) in [7, 11) is 0. The van der Waals surface area contributed by atoms with Crippen molar-refractivity contribution in [1.82, 2.24) is 0 Å². The van der Waals surface area contributed by atoms with Gasteiger partial charge in [-0.25, -0.2) is 0 Å². The molecule has 3 aromatic rings. The van der Waals surface area contributed by atoms with E-state index in [1.807, 2.05) is 18.2 Å². The molecule has 0 atom stereocenters. The van der Waals surface area contributed by atoms with Crippen molar-refractivity contribution in [2.24, 2.45) is 0 Å². The van der Waals surface area contributed by atoms with E-state index in [0.29, 0.717) is 52.9 Å². The molecule has 0 fully saturated rings. The van der Waals surface area contributed by atoms with Crippen molar-refractivity contribution in [1.29, 1.82) is 0 Å². The molecular formula is C34H46O5. The van der Waals surface area contributed by atoms with Crippen LogP contribution in [0.25, 0.3) is 0 Å². The monoisotopic (exact) mass is 534 g/mol. The molecule has 0 unspecified atom stereocenters. The minimum Gasteiger partial charge on any atom is -0.379 e. The van der Waals surface area contributed by atoms with Gasteiger partial charge < -0.3 is 23.7 Å². The van der Waals surface area contributed by atoms with Gasteiger partial charge >= 0.3 is 0 Å². The molecule has 212 valence electrons. The van der Waals surface area contributed by atoms with Gasteiger partial charge in [0, 0.05) is 6.61 Å². The Bertz CT molecular complexity index is 868. The van der Waals surface area contributed by atoms with Crippen LogP contribution in [0.15, 0.2) is 91.0 Å². The van der Waals surface area contributed by atoms with Crippen molar-refractivity contribution in [3.63, 3.8) is 0 Å². The lowest BCUT2D eigenvalue weighted by Gasteiger charge is -2.36. The lowest BCUT2D eigenvalue weighted by molar-refractivity contribution is -0.0384. The second-order valence-electron chi connectivity index (χ2n) is 9.49. The second-order valence-corrected chi connectivity index (χ2v) is 9.49. The normalized spacial score (nSPS) is 11.6. The number of ether oxygens (including phenoxy) is 5. The van der Waals surface area contributed by atoms with Crippen molar-refractivity contribution in [2.75, 3.05) is 59.5 Å². The Morgan fingerprint density at radius 2 is 0.769 bits per heavy atom. The maximum Gasteiger partial charge on any atom is 0.143 e. The first-order valence-electron chi connectivity index (χ1n) is 14.5. The minimum absolute atomic E-state index is 0.445.